The predicted molar refractivity (Wildman–Crippen MR) is 64.3 cm³/mol. The summed E-state index contributed by atoms with van der Waals surface area (Å²) in [5.41, 5.74) is 0. The Labute approximate surface area is 109 Å². The van der Waals surface area contributed by atoms with Crippen molar-refractivity contribution in [2.45, 2.75) is 18.9 Å². The number of rotatable bonds is 2. The third-order valence-corrected chi connectivity index (χ3v) is 3.26. The summed E-state index contributed by atoms with van der Waals surface area (Å²) >= 11 is 11.3. The van der Waals surface area contributed by atoms with Crippen molar-refractivity contribution in [3.8, 4) is 0 Å². The Morgan fingerprint density at radius 1 is 1.29 bits per heavy atom. The summed E-state index contributed by atoms with van der Waals surface area (Å²) < 4.78 is 19.0. The number of halogens is 3. The first kappa shape index (κ1) is 12.8. The van der Waals surface area contributed by atoms with Crippen LogP contribution < -0.4 is 4.90 Å². The van der Waals surface area contributed by atoms with E-state index in [1.165, 1.54) is 0 Å². The molecule has 1 aliphatic rings. The fourth-order valence-corrected chi connectivity index (χ4v) is 2.27. The highest BCUT2D eigenvalue weighted by molar-refractivity contribution is 6.32. The van der Waals surface area contributed by atoms with Gasteiger partial charge in [0.05, 0.1) is 6.10 Å². The monoisotopic (exact) mass is 279 g/mol. The summed E-state index contributed by atoms with van der Waals surface area (Å²) in [5, 5.41) is -0.283. The number of hydrogen-bond acceptors (Lipinski definition) is 4. The third-order valence-electron chi connectivity index (χ3n) is 2.84. The van der Waals surface area contributed by atoms with Crippen molar-refractivity contribution in [3.05, 3.63) is 16.3 Å². The molecule has 1 aromatic heterocycles. The number of nitrogens with zero attached hydrogens (tertiary/aromatic N) is 3. The Morgan fingerprint density at radius 3 is 2.53 bits per heavy atom. The van der Waals surface area contributed by atoms with E-state index >= 15 is 0 Å². The van der Waals surface area contributed by atoms with Crippen LogP contribution in [0.2, 0.25) is 10.4 Å². The Bertz CT molecular complexity index is 411. The number of ether oxygens (including phenoxy) is 1. The van der Waals surface area contributed by atoms with E-state index in [0.717, 1.165) is 12.8 Å². The van der Waals surface area contributed by atoms with Crippen molar-refractivity contribution < 1.29 is 9.13 Å². The number of anilines is 1. The minimum atomic E-state index is -0.619. The van der Waals surface area contributed by atoms with E-state index in [9.17, 15) is 4.39 Å². The van der Waals surface area contributed by atoms with Gasteiger partial charge in [0.2, 0.25) is 11.1 Å². The van der Waals surface area contributed by atoms with E-state index in [2.05, 4.69) is 9.97 Å². The van der Waals surface area contributed by atoms with Crippen LogP contribution in [0.5, 0.6) is 0 Å². The molecule has 0 aromatic carbocycles. The lowest BCUT2D eigenvalue weighted by Gasteiger charge is -2.32. The molecule has 1 aromatic rings. The van der Waals surface area contributed by atoms with E-state index in [4.69, 9.17) is 27.9 Å². The number of piperidine rings is 1. The minimum Gasteiger partial charge on any atom is -0.381 e. The summed E-state index contributed by atoms with van der Waals surface area (Å²) in [6, 6.07) is 0. The summed E-state index contributed by atoms with van der Waals surface area (Å²) in [6.45, 7) is 1.33. The van der Waals surface area contributed by atoms with Crippen LogP contribution in [0.1, 0.15) is 12.8 Å². The molecule has 0 unspecified atom stereocenters. The fraction of sp³-hybridized carbons (Fsp3) is 0.600. The standard InChI is InChI=1S/C10H12Cl2FN3O/c1-17-6-2-4-16(5-3-6)9-7(13)8(11)14-10(12)15-9/h6H,2-5H2,1H3. The van der Waals surface area contributed by atoms with Crippen molar-refractivity contribution in [1.29, 1.82) is 0 Å². The van der Waals surface area contributed by atoms with Gasteiger partial charge in [0.25, 0.3) is 0 Å². The Morgan fingerprint density at radius 2 is 1.94 bits per heavy atom. The van der Waals surface area contributed by atoms with E-state index in [1.807, 2.05) is 4.90 Å². The second-order valence-electron chi connectivity index (χ2n) is 3.84. The zero-order chi connectivity index (χ0) is 12.4. The predicted octanol–water partition coefficient (Wildman–Crippen LogP) is 2.54. The summed E-state index contributed by atoms with van der Waals surface area (Å²) in [6.07, 6.45) is 1.88. The van der Waals surface area contributed by atoms with Gasteiger partial charge in [-0.1, -0.05) is 11.6 Å². The van der Waals surface area contributed by atoms with Gasteiger partial charge in [-0.3, -0.25) is 0 Å². The minimum absolute atomic E-state index is 0.0414. The second kappa shape index (κ2) is 5.33. The SMILES string of the molecule is COC1CCN(c2nc(Cl)nc(Cl)c2F)CC1. The highest BCUT2D eigenvalue weighted by Crippen LogP contribution is 2.26. The third kappa shape index (κ3) is 2.78. The van der Waals surface area contributed by atoms with Crippen molar-refractivity contribution in [1.82, 2.24) is 9.97 Å². The van der Waals surface area contributed by atoms with Crippen molar-refractivity contribution in [3.63, 3.8) is 0 Å². The van der Waals surface area contributed by atoms with Gasteiger partial charge in [0.15, 0.2) is 11.0 Å². The highest BCUT2D eigenvalue weighted by Gasteiger charge is 2.24. The van der Waals surface area contributed by atoms with E-state index in [-0.39, 0.29) is 22.4 Å². The molecular formula is C10H12Cl2FN3O. The van der Waals surface area contributed by atoms with Crippen LogP contribution in [0, 0.1) is 5.82 Å². The van der Waals surface area contributed by atoms with E-state index in [0.29, 0.717) is 13.1 Å². The number of hydrogen-bond donors (Lipinski definition) is 0. The van der Waals surface area contributed by atoms with Crippen LogP contribution >= 0.6 is 23.2 Å². The first-order chi connectivity index (χ1) is 8.11. The molecule has 94 valence electrons. The zero-order valence-corrected chi connectivity index (χ0v) is 10.8. The van der Waals surface area contributed by atoms with Gasteiger partial charge in [-0.25, -0.2) is 4.98 Å². The molecule has 0 saturated carbocycles. The lowest BCUT2D eigenvalue weighted by Crippen LogP contribution is -2.37. The first-order valence-corrected chi connectivity index (χ1v) is 6.03. The zero-order valence-electron chi connectivity index (χ0n) is 9.29. The summed E-state index contributed by atoms with van der Waals surface area (Å²) in [5.74, 6) is -0.448. The molecule has 17 heavy (non-hydrogen) atoms. The highest BCUT2D eigenvalue weighted by atomic mass is 35.5. The van der Waals surface area contributed by atoms with E-state index in [1.54, 1.807) is 7.11 Å². The molecule has 0 N–H and O–H groups in total. The van der Waals surface area contributed by atoms with Crippen molar-refractivity contribution in [2.75, 3.05) is 25.1 Å². The molecule has 0 radical (unpaired) electrons. The summed E-state index contributed by atoms with van der Waals surface area (Å²) in [7, 11) is 1.68. The van der Waals surface area contributed by atoms with Gasteiger partial charge in [-0.05, 0) is 24.4 Å². The molecule has 0 atom stereocenters. The first-order valence-electron chi connectivity index (χ1n) is 5.28. The molecule has 0 amide bonds. The molecule has 1 saturated heterocycles. The van der Waals surface area contributed by atoms with Gasteiger partial charge in [-0.2, -0.15) is 9.37 Å². The maximum absolute atomic E-state index is 13.8. The number of methoxy groups -OCH3 is 1. The lowest BCUT2D eigenvalue weighted by molar-refractivity contribution is 0.0816. The molecule has 1 fully saturated rings. The van der Waals surface area contributed by atoms with Crippen molar-refractivity contribution >= 4 is 29.0 Å². The molecule has 7 heteroatoms. The van der Waals surface area contributed by atoms with Crippen LogP contribution in [-0.2, 0) is 4.74 Å². The van der Waals surface area contributed by atoms with Crippen LogP contribution in [0.3, 0.4) is 0 Å². The Hall–Kier alpha value is -0.650. The molecule has 0 bridgehead atoms. The maximum atomic E-state index is 13.8. The Kier molecular flexibility index (Phi) is 4.01. The van der Waals surface area contributed by atoms with Gasteiger partial charge in [-0.15, -0.1) is 0 Å². The maximum Gasteiger partial charge on any atom is 0.225 e. The van der Waals surface area contributed by atoms with Gasteiger partial charge >= 0.3 is 0 Å². The normalized spacial score (nSPS) is 17.5. The van der Waals surface area contributed by atoms with Crippen LogP contribution in [0.4, 0.5) is 10.2 Å². The van der Waals surface area contributed by atoms with Crippen molar-refractivity contribution in [2.24, 2.45) is 0 Å². The van der Waals surface area contributed by atoms with Crippen LogP contribution in [0.15, 0.2) is 0 Å². The molecule has 0 aliphatic carbocycles. The molecule has 2 rings (SSSR count). The molecule has 4 nitrogen and oxygen atoms in total. The molecular weight excluding hydrogens is 268 g/mol. The molecule has 2 heterocycles. The number of aromatic nitrogens is 2. The largest absolute Gasteiger partial charge is 0.381 e. The quantitative estimate of drug-likeness (QED) is 0.616. The smallest absolute Gasteiger partial charge is 0.225 e. The topological polar surface area (TPSA) is 38.2 Å². The molecule has 1 aliphatic heterocycles. The second-order valence-corrected chi connectivity index (χ2v) is 4.54. The average molecular weight is 280 g/mol. The van der Waals surface area contributed by atoms with Gasteiger partial charge in [0, 0.05) is 20.2 Å². The molecule has 0 spiro atoms. The lowest BCUT2D eigenvalue weighted by atomic mass is 10.1. The average Bonchev–Trinajstić information content (AvgIpc) is 2.34. The Balaban J connectivity index is 2.18. The fourth-order valence-electron chi connectivity index (χ4n) is 1.90. The van der Waals surface area contributed by atoms with E-state index < -0.39 is 5.82 Å². The van der Waals surface area contributed by atoms with Crippen LogP contribution in [-0.4, -0.2) is 36.3 Å². The summed E-state index contributed by atoms with van der Waals surface area (Å²) in [4.78, 5) is 9.25. The van der Waals surface area contributed by atoms with Gasteiger partial charge < -0.3 is 9.64 Å². The van der Waals surface area contributed by atoms with Gasteiger partial charge in [0.1, 0.15) is 0 Å². The van der Waals surface area contributed by atoms with Crippen LogP contribution in [0.25, 0.3) is 0 Å².